The molecule has 0 aliphatic carbocycles. The van der Waals surface area contributed by atoms with E-state index < -0.39 is 5.72 Å². The molecular weight excluding hydrogens is 468 g/mol. The lowest BCUT2D eigenvalue weighted by Gasteiger charge is -2.50. The topological polar surface area (TPSA) is 99.8 Å². The molecule has 2 heterocycles. The van der Waals surface area contributed by atoms with Gasteiger partial charge in [0.15, 0.2) is 5.72 Å². The van der Waals surface area contributed by atoms with E-state index in [2.05, 4.69) is 16.0 Å². The summed E-state index contributed by atoms with van der Waals surface area (Å²) >= 11 is 6.15. The summed E-state index contributed by atoms with van der Waals surface area (Å²) in [4.78, 5) is 38.8. The van der Waals surface area contributed by atoms with E-state index in [0.29, 0.717) is 39.8 Å². The molecule has 9 heteroatoms. The minimum Gasteiger partial charge on any atom is -0.467 e. The largest absolute Gasteiger partial charge is 0.467 e. The van der Waals surface area contributed by atoms with Gasteiger partial charge < -0.3 is 20.7 Å². The molecule has 1 saturated heterocycles. The number of hydrogen-bond donors (Lipinski definition) is 3. The van der Waals surface area contributed by atoms with Gasteiger partial charge in [-0.05, 0) is 67.6 Å². The van der Waals surface area contributed by atoms with E-state index in [9.17, 15) is 14.4 Å². The maximum absolute atomic E-state index is 13.2. The van der Waals surface area contributed by atoms with Crippen LogP contribution in [0, 0.1) is 0 Å². The first kappa shape index (κ1) is 22.7. The van der Waals surface area contributed by atoms with Gasteiger partial charge in [-0.15, -0.1) is 0 Å². The molecule has 0 aromatic heterocycles. The molecular formula is C26H23ClN4O4. The fourth-order valence-corrected chi connectivity index (χ4v) is 4.75. The van der Waals surface area contributed by atoms with Crippen molar-refractivity contribution in [3.63, 3.8) is 0 Å². The number of rotatable bonds is 4. The first-order valence-corrected chi connectivity index (χ1v) is 11.5. The predicted molar refractivity (Wildman–Crippen MR) is 134 cm³/mol. The fourth-order valence-electron chi connectivity index (χ4n) is 4.57. The monoisotopic (exact) mass is 490 g/mol. The van der Waals surface area contributed by atoms with Gasteiger partial charge in [0.25, 0.3) is 5.91 Å². The van der Waals surface area contributed by atoms with Gasteiger partial charge in [0, 0.05) is 40.9 Å². The zero-order valence-electron chi connectivity index (χ0n) is 19.1. The lowest BCUT2D eigenvalue weighted by atomic mass is 9.90. The van der Waals surface area contributed by atoms with E-state index in [0.717, 1.165) is 5.56 Å². The number of amides is 4. The number of hydrogen-bond acceptors (Lipinski definition) is 4. The highest BCUT2D eigenvalue weighted by atomic mass is 35.5. The Labute approximate surface area is 207 Å². The van der Waals surface area contributed by atoms with Crippen LogP contribution in [-0.2, 0) is 4.79 Å². The maximum Gasteiger partial charge on any atom is 0.325 e. The molecule has 35 heavy (non-hydrogen) atoms. The third kappa shape index (κ3) is 4.40. The number of carbonyl (C=O) groups excluding carboxylic acids is 3. The summed E-state index contributed by atoms with van der Waals surface area (Å²) in [5, 5.41) is 9.13. The summed E-state index contributed by atoms with van der Waals surface area (Å²) in [5.74, 6) is 0.161. The van der Waals surface area contributed by atoms with Crippen molar-refractivity contribution in [1.82, 2.24) is 5.32 Å². The number of halogens is 1. The first-order valence-electron chi connectivity index (χ1n) is 11.1. The van der Waals surface area contributed by atoms with Crippen LogP contribution in [0.25, 0.3) is 0 Å². The zero-order valence-corrected chi connectivity index (χ0v) is 19.8. The van der Waals surface area contributed by atoms with Crippen molar-refractivity contribution < 1.29 is 19.1 Å². The minimum absolute atomic E-state index is 0.172. The minimum atomic E-state index is -0.942. The number of benzene rings is 3. The highest BCUT2D eigenvalue weighted by molar-refractivity contribution is 6.30. The summed E-state index contributed by atoms with van der Waals surface area (Å²) in [6.45, 7) is 3.29. The third-order valence-electron chi connectivity index (χ3n) is 6.06. The van der Waals surface area contributed by atoms with E-state index >= 15 is 0 Å². The Morgan fingerprint density at radius 1 is 1.06 bits per heavy atom. The zero-order chi connectivity index (χ0) is 24.7. The van der Waals surface area contributed by atoms with E-state index in [1.807, 2.05) is 13.0 Å². The van der Waals surface area contributed by atoms with Gasteiger partial charge >= 0.3 is 6.03 Å². The quantitative estimate of drug-likeness (QED) is 0.460. The molecule has 5 rings (SSSR count). The Hall–Kier alpha value is -4.04. The number of nitrogens with zero attached hydrogens (tertiary/aromatic N) is 1. The Balaban J connectivity index is 1.38. The van der Waals surface area contributed by atoms with E-state index in [1.54, 1.807) is 65.6 Å². The molecule has 178 valence electrons. The lowest BCUT2D eigenvalue weighted by molar-refractivity contribution is -0.114. The predicted octanol–water partition coefficient (Wildman–Crippen LogP) is 5.32. The summed E-state index contributed by atoms with van der Waals surface area (Å²) in [6.07, 6.45) is 0.517. The molecule has 2 atom stereocenters. The molecule has 1 fully saturated rings. The van der Waals surface area contributed by atoms with Crippen LogP contribution in [0.15, 0.2) is 66.7 Å². The van der Waals surface area contributed by atoms with Crippen molar-refractivity contribution >= 4 is 46.5 Å². The van der Waals surface area contributed by atoms with Crippen molar-refractivity contribution in [3.05, 3.63) is 82.9 Å². The molecule has 3 aromatic rings. The molecule has 2 aliphatic heterocycles. The summed E-state index contributed by atoms with van der Waals surface area (Å²) < 4.78 is 6.29. The van der Waals surface area contributed by atoms with Crippen LogP contribution in [0.3, 0.4) is 0 Å². The Morgan fingerprint density at radius 3 is 2.49 bits per heavy atom. The lowest BCUT2D eigenvalue weighted by Crippen LogP contribution is -2.65. The van der Waals surface area contributed by atoms with Crippen LogP contribution < -0.4 is 25.6 Å². The van der Waals surface area contributed by atoms with E-state index in [-0.39, 0.29) is 23.9 Å². The molecule has 0 saturated carbocycles. The second-order valence-corrected chi connectivity index (χ2v) is 9.20. The van der Waals surface area contributed by atoms with Gasteiger partial charge in [-0.25, -0.2) is 4.79 Å². The second-order valence-electron chi connectivity index (χ2n) is 8.76. The van der Waals surface area contributed by atoms with Crippen LogP contribution in [0.5, 0.6) is 5.75 Å². The smallest absolute Gasteiger partial charge is 0.325 e. The Bertz CT molecular complexity index is 1340. The first-order chi connectivity index (χ1) is 16.7. The molecule has 0 spiro atoms. The van der Waals surface area contributed by atoms with Crippen LogP contribution >= 0.6 is 11.6 Å². The second kappa shape index (κ2) is 8.63. The molecule has 3 aromatic carbocycles. The van der Waals surface area contributed by atoms with Gasteiger partial charge in [0.2, 0.25) is 5.91 Å². The highest BCUT2D eigenvalue weighted by Crippen LogP contribution is 2.46. The molecule has 3 N–H and O–H groups in total. The molecule has 4 amide bonds. The van der Waals surface area contributed by atoms with E-state index in [4.69, 9.17) is 16.3 Å². The van der Waals surface area contributed by atoms with Crippen molar-refractivity contribution in [3.8, 4) is 5.75 Å². The number of anilines is 3. The summed E-state index contributed by atoms with van der Waals surface area (Å²) in [7, 11) is 0. The van der Waals surface area contributed by atoms with Crippen LogP contribution in [0.1, 0.15) is 42.2 Å². The number of nitrogens with one attached hydrogen (secondary N) is 3. The summed E-state index contributed by atoms with van der Waals surface area (Å²) in [5.41, 5.74) is 2.04. The van der Waals surface area contributed by atoms with Crippen molar-refractivity contribution in [1.29, 1.82) is 0 Å². The number of fused-ring (bicyclic) bond motifs is 4. The standard InChI is InChI=1S/C26H23ClN4O4/c1-15(32)28-18-7-9-19(10-8-18)29-24(33)16-4-3-5-20(12-16)31-25(34)30-22-14-26(31,2)35-23-11-6-17(27)13-21(22)23/h3-13,22H,14H2,1-2H3,(H,28,32)(H,29,33)(H,30,34)/t22-,26+/m0/s1. The van der Waals surface area contributed by atoms with Gasteiger partial charge in [-0.1, -0.05) is 17.7 Å². The van der Waals surface area contributed by atoms with Gasteiger partial charge in [0.05, 0.1) is 11.7 Å². The summed E-state index contributed by atoms with van der Waals surface area (Å²) in [6, 6.07) is 18.5. The number of urea groups is 1. The SMILES string of the molecule is CC(=O)Nc1ccc(NC(=O)c2cccc(N3C(=O)N[C@H]4C[C@@]3(C)Oc3ccc(Cl)cc34)c2)cc1. The Kier molecular flexibility index (Phi) is 5.61. The molecule has 8 nitrogen and oxygen atoms in total. The van der Waals surface area contributed by atoms with Crippen molar-refractivity contribution in [2.24, 2.45) is 0 Å². The van der Waals surface area contributed by atoms with Crippen LogP contribution in [0.2, 0.25) is 5.02 Å². The van der Waals surface area contributed by atoms with Gasteiger partial charge in [-0.2, -0.15) is 0 Å². The maximum atomic E-state index is 13.2. The molecule has 2 aliphatic rings. The van der Waals surface area contributed by atoms with E-state index in [1.165, 1.54) is 6.92 Å². The van der Waals surface area contributed by atoms with Crippen LogP contribution in [-0.4, -0.2) is 23.6 Å². The van der Waals surface area contributed by atoms with Crippen LogP contribution in [0.4, 0.5) is 21.9 Å². The molecule has 0 unspecified atom stereocenters. The van der Waals surface area contributed by atoms with Gasteiger partial charge in [-0.3, -0.25) is 14.5 Å². The normalized spacial score (nSPS) is 20.3. The fraction of sp³-hybridized carbons (Fsp3) is 0.192. The van der Waals surface area contributed by atoms with Crippen molar-refractivity contribution in [2.45, 2.75) is 32.0 Å². The van der Waals surface area contributed by atoms with Crippen molar-refractivity contribution in [2.75, 3.05) is 15.5 Å². The third-order valence-corrected chi connectivity index (χ3v) is 6.30. The average molecular weight is 491 g/mol. The Morgan fingerprint density at radius 2 is 1.77 bits per heavy atom. The highest BCUT2D eigenvalue weighted by Gasteiger charge is 2.50. The molecule has 0 radical (unpaired) electrons. The van der Waals surface area contributed by atoms with Gasteiger partial charge in [0.1, 0.15) is 5.75 Å². The number of ether oxygens (including phenoxy) is 1. The molecule has 2 bridgehead atoms. The number of carbonyl (C=O) groups is 3. The average Bonchev–Trinajstić information content (AvgIpc) is 2.80.